The first-order valence-corrected chi connectivity index (χ1v) is 14.2. The number of sulfonamides is 1. The van der Waals surface area contributed by atoms with Crippen LogP contribution >= 0.6 is 39.3 Å². The van der Waals surface area contributed by atoms with Crippen molar-refractivity contribution in [3.8, 4) is 0 Å². The molecule has 1 heterocycles. The van der Waals surface area contributed by atoms with Gasteiger partial charge in [0.25, 0.3) is 0 Å². The number of nitrogens with zero attached hydrogens (tertiary/aromatic N) is 1. The fourth-order valence-electron chi connectivity index (χ4n) is 3.56. The normalized spacial score (nSPS) is 15.6. The van der Waals surface area contributed by atoms with E-state index in [2.05, 4.69) is 21.2 Å². The Morgan fingerprint density at radius 1 is 1.22 bits per heavy atom. The number of hydrogen-bond donors (Lipinski definition) is 1. The Bertz CT molecular complexity index is 1030. The zero-order valence-electron chi connectivity index (χ0n) is 17.4. The lowest BCUT2D eigenvalue weighted by molar-refractivity contribution is -0.125. The second kappa shape index (κ2) is 11.8. The van der Waals surface area contributed by atoms with Crippen LogP contribution in [0.15, 0.2) is 46.9 Å². The van der Waals surface area contributed by atoms with Gasteiger partial charge in [-0.1, -0.05) is 45.7 Å². The molecule has 0 saturated carbocycles. The highest BCUT2D eigenvalue weighted by Crippen LogP contribution is 2.25. The first kappa shape index (κ1) is 25.5. The molecule has 1 saturated heterocycles. The zero-order valence-corrected chi connectivity index (χ0v) is 21.4. The Hall–Kier alpha value is -1.13. The third-order valence-corrected chi connectivity index (χ3v) is 8.99. The SMILES string of the molecule is O=C(NCCSCc1c(F)cccc1Cl)C1CCN(S(=O)(=O)Cc2cccc(Br)c2)CC1. The standard InChI is InChI=1S/C22H25BrClFN2O3S2/c23-18-4-1-3-16(13-18)15-32(29,30)27-10-7-17(8-11-27)22(28)26-9-12-31-14-19-20(24)5-2-6-21(19)25/h1-6,13,17H,7-12,14-15H2,(H,26,28). The van der Waals surface area contributed by atoms with E-state index in [1.807, 2.05) is 12.1 Å². The van der Waals surface area contributed by atoms with Crippen molar-refractivity contribution in [1.29, 1.82) is 0 Å². The molecule has 0 atom stereocenters. The van der Waals surface area contributed by atoms with Crippen molar-refractivity contribution in [2.75, 3.05) is 25.4 Å². The maximum atomic E-state index is 13.8. The van der Waals surface area contributed by atoms with E-state index in [0.717, 1.165) is 10.0 Å². The lowest BCUT2D eigenvalue weighted by Gasteiger charge is -2.30. The molecule has 2 aromatic carbocycles. The van der Waals surface area contributed by atoms with Crippen LogP contribution in [0.3, 0.4) is 0 Å². The second-order valence-corrected chi connectivity index (χ2v) is 12.0. The number of carbonyl (C=O) groups excluding carboxylic acids is 1. The molecule has 174 valence electrons. The summed E-state index contributed by atoms with van der Waals surface area (Å²) in [5.74, 6) is 0.450. The summed E-state index contributed by atoms with van der Waals surface area (Å²) >= 11 is 10.9. The molecule has 0 spiro atoms. The average Bonchev–Trinajstić information content (AvgIpc) is 2.75. The molecule has 1 amide bonds. The quantitative estimate of drug-likeness (QED) is 0.444. The van der Waals surface area contributed by atoms with Crippen molar-refractivity contribution in [2.24, 2.45) is 5.92 Å². The van der Waals surface area contributed by atoms with E-state index >= 15 is 0 Å². The Balaban J connectivity index is 1.38. The van der Waals surface area contributed by atoms with Crippen molar-refractivity contribution in [3.63, 3.8) is 0 Å². The van der Waals surface area contributed by atoms with Crippen LogP contribution in [0, 0.1) is 11.7 Å². The molecule has 2 aromatic rings. The number of piperidine rings is 1. The fraction of sp³-hybridized carbons (Fsp3) is 0.409. The van der Waals surface area contributed by atoms with Crippen LogP contribution in [0.5, 0.6) is 0 Å². The van der Waals surface area contributed by atoms with Gasteiger partial charge in [-0.05, 0) is 42.7 Å². The largest absolute Gasteiger partial charge is 0.355 e. The lowest BCUT2D eigenvalue weighted by atomic mass is 9.97. The molecular weight excluding hydrogens is 539 g/mol. The minimum Gasteiger partial charge on any atom is -0.355 e. The van der Waals surface area contributed by atoms with Crippen LogP contribution in [0.1, 0.15) is 24.0 Å². The van der Waals surface area contributed by atoms with E-state index in [-0.39, 0.29) is 23.4 Å². The van der Waals surface area contributed by atoms with Gasteiger partial charge in [0.15, 0.2) is 0 Å². The first-order chi connectivity index (χ1) is 15.3. The molecule has 5 nitrogen and oxygen atoms in total. The van der Waals surface area contributed by atoms with Crippen LogP contribution in [-0.2, 0) is 26.3 Å². The molecule has 0 bridgehead atoms. The van der Waals surface area contributed by atoms with E-state index in [0.29, 0.717) is 54.6 Å². The van der Waals surface area contributed by atoms with E-state index in [9.17, 15) is 17.6 Å². The molecule has 10 heteroatoms. The molecule has 32 heavy (non-hydrogen) atoms. The highest BCUT2D eigenvalue weighted by molar-refractivity contribution is 9.10. The monoisotopic (exact) mass is 562 g/mol. The number of thioether (sulfide) groups is 1. The average molecular weight is 564 g/mol. The van der Waals surface area contributed by atoms with Crippen LogP contribution in [0.2, 0.25) is 5.02 Å². The third-order valence-electron chi connectivity index (χ3n) is 5.31. The number of halogens is 3. The topological polar surface area (TPSA) is 66.5 Å². The molecule has 1 N–H and O–H groups in total. The van der Waals surface area contributed by atoms with Gasteiger partial charge in [-0.2, -0.15) is 11.8 Å². The summed E-state index contributed by atoms with van der Waals surface area (Å²) in [6.45, 7) is 1.15. The van der Waals surface area contributed by atoms with Crippen molar-refractivity contribution < 1.29 is 17.6 Å². The predicted octanol–water partition coefficient (Wildman–Crippen LogP) is 4.83. The second-order valence-electron chi connectivity index (χ2n) is 7.60. The molecule has 0 aliphatic carbocycles. The number of hydrogen-bond acceptors (Lipinski definition) is 4. The van der Waals surface area contributed by atoms with Crippen molar-refractivity contribution >= 4 is 55.2 Å². The highest BCUT2D eigenvalue weighted by atomic mass is 79.9. The number of amides is 1. The van der Waals surface area contributed by atoms with Gasteiger partial charge in [-0.3, -0.25) is 4.79 Å². The maximum Gasteiger partial charge on any atom is 0.223 e. The summed E-state index contributed by atoms with van der Waals surface area (Å²) in [4.78, 5) is 12.4. The van der Waals surface area contributed by atoms with E-state index < -0.39 is 10.0 Å². The number of benzene rings is 2. The molecule has 0 radical (unpaired) electrons. The van der Waals surface area contributed by atoms with Gasteiger partial charge in [0.2, 0.25) is 15.9 Å². The lowest BCUT2D eigenvalue weighted by Crippen LogP contribution is -2.43. The Morgan fingerprint density at radius 3 is 2.62 bits per heavy atom. The molecule has 1 aliphatic heterocycles. The van der Waals surface area contributed by atoms with Crippen LogP contribution in [-0.4, -0.2) is 44.0 Å². The highest BCUT2D eigenvalue weighted by Gasteiger charge is 2.31. The molecule has 3 rings (SSSR count). The van der Waals surface area contributed by atoms with Crippen LogP contribution in [0.4, 0.5) is 4.39 Å². The van der Waals surface area contributed by atoms with Gasteiger partial charge in [0, 0.05) is 52.1 Å². The Kier molecular flexibility index (Phi) is 9.43. The van der Waals surface area contributed by atoms with Crippen LogP contribution in [0.25, 0.3) is 0 Å². The Morgan fingerprint density at radius 2 is 1.94 bits per heavy atom. The smallest absolute Gasteiger partial charge is 0.223 e. The first-order valence-electron chi connectivity index (χ1n) is 10.3. The molecule has 0 aromatic heterocycles. The zero-order chi connectivity index (χ0) is 23.1. The molecule has 1 aliphatic rings. The van der Waals surface area contributed by atoms with Gasteiger partial charge < -0.3 is 5.32 Å². The summed E-state index contributed by atoms with van der Waals surface area (Å²) in [5.41, 5.74) is 1.20. The minimum atomic E-state index is -3.42. The molecule has 1 fully saturated rings. The number of rotatable bonds is 9. The van der Waals surface area contributed by atoms with Gasteiger partial charge in [-0.25, -0.2) is 17.1 Å². The number of nitrogens with one attached hydrogen (secondary N) is 1. The van der Waals surface area contributed by atoms with E-state index in [1.54, 1.807) is 24.3 Å². The van der Waals surface area contributed by atoms with Gasteiger partial charge >= 0.3 is 0 Å². The van der Waals surface area contributed by atoms with Crippen molar-refractivity contribution in [2.45, 2.75) is 24.3 Å². The maximum absolute atomic E-state index is 13.8. The summed E-state index contributed by atoms with van der Waals surface area (Å²) in [5, 5.41) is 3.31. The summed E-state index contributed by atoms with van der Waals surface area (Å²) in [6.07, 6.45) is 1.00. The summed E-state index contributed by atoms with van der Waals surface area (Å²) in [6, 6.07) is 11.9. The van der Waals surface area contributed by atoms with Gasteiger partial charge in [0.1, 0.15) is 5.82 Å². The third kappa shape index (κ3) is 7.18. The van der Waals surface area contributed by atoms with E-state index in [4.69, 9.17) is 11.6 Å². The Labute approximate surface area is 206 Å². The van der Waals surface area contributed by atoms with Crippen molar-refractivity contribution in [3.05, 3.63) is 68.9 Å². The molecule has 0 unspecified atom stereocenters. The van der Waals surface area contributed by atoms with Crippen LogP contribution < -0.4 is 5.32 Å². The fourth-order valence-corrected chi connectivity index (χ4v) is 6.75. The minimum absolute atomic E-state index is 0.0491. The van der Waals surface area contributed by atoms with Gasteiger partial charge in [0.05, 0.1) is 5.75 Å². The summed E-state index contributed by atoms with van der Waals surface area (Å²) in [7, 11) is -3.42. The molecular formula is C22H25BrClFN2O3S2. The van der Waals surface area contributed by atoms with Crippen molar-refractivity contribution in [1.82, 2.24) is 9.62 Å². The predicted molar refractivity (Wildman–Crippen MR) is 132 cm³/mol. The number of carbonyl (C=O) groups is 1. The summed E-state index contributed by atoms with van der Waals surface area (Å²) < 4.78 is 41.5. The van der Waals surface area contributed by atoms with Gasteiger partial charge in [-0.15, -0.1) is 0 Å². The van der Waals surface area contributed by atoms with E-state index in [1.165, 1.54) is 22.1 Å².